The predicted molar refractivity (Wildman–Crippen MR) is 87.5 cm³/mol. The Hall–Kier alpha value is -1.32. The lowest BCUT2D eigenvalue weighted by atomic mass is 10.00. The maximum atomic E-state index is 9.43. The molecule has 21 heavy (non-hydrogen) atoms. The number of aliphatic hydroxyl groups is 2. The van der Waals surface area contributed by atoms with Crippen LogP contribution in [0.3, 0.4) is 0 Å². The Morgan fingerprint density at radius 2 is 1.57 bits per heavy atom. The third kappa shape index (κ3) is 4.58. The summed E-state index contributed by atoms with van der Waals surface area (Å²) in [5, 5.41) is 20.1. The van der Waals surface area contributed by atoms with Crippen LogP contribution in [0.2, 0.25) is 0 Å². The first-order chi connectivity index (χ1) is 10.1. The molecule has 0 saturated carbocycles. The summed E-state index contributed by atoms with van der Waals surface area (Å²) in [5.41, 5.74) is 3.87. The van der Waals surface area contributed by atoms with E-state index in [9.17, 15) is 10.2 Å². The fourth-order valence-corrected chi connectivity index (χ4v) is 2.90. The van der Waals surface area contributed by atoms with Gasteiger partial charge < -0.3 is 15.2 Å². The number of hydrogen-bond acceptors (Lipinski definition) is 2. The van der Waals surface area contributed by atoms with Crippen LogP contribution in [0, 0.1) is 0 Å². The van der Waals surface area contributed by atoms with Gasteiger partial charge in [0.25, 0.3) is 0 Å². The first kappa shape index (κ1) is 16.1. The van der Waals surface area contributed by atoms with E-state index in [1.165, 1.54) is 22.2 Å². The molecule has 2 unspecified atom stereocenters. The highest BCUT2D eigenvalue weighted by atomic mass is 16.3. The second-order valence-electron chi connectivity index (χ2n) is 6.11. The lowest BCUT2D eigenvalue weighted by Gasteiger charge is -2.08. The van der Waals surface area contributed by atoms with Crippen molar-refractivity contribution in [3.63, 3.8) is 0 Å². The zero-order valence-electron chi connectivity index (χ0n) is 13.1. The number of benzene rings is 1. The molecule has 3 nitrogen and oxygen atoms in total. The summed E-state index contributed by atoms with van der Waals surface area (Å²) in [7, 11) is 0. The van der Waals surface area contributed by atoms with E-state index in [0.29, 0.717) is 0 Å². The van der Waals surface area contributed by atoms with Crippen molar-refractivity contribution in [3.8, 4) is 0 Å². The van der Waals surface area contributed by atoms with Gasteiger partial charge in [-0.1, -0.05) is 18.2 Å². The average molecular weight is 289 g/mol. The van der Waals surface area contributed by atoms with Crippen LogP contribution < -0.4 is 0 Å². The van der Waals surface area contributed by atoms with Gasteiger partial charge in [0.15, 0.2) is 0 Å². The quantitative estimate of drug-likeness (QED) is 0.696. The van der Waals surface area contributed by atoms with Crippen LogP contribution in [0.5, 0.6) is 0 Å². The molecule has 2 rings (SSSR count). The van der Waals surface area contributed by atoms with Gasteiger partial charge in [0, 0.05) is 16.6 Å². The normalized spacial score (nSPS) is 14.5. The highest BCUT2D eigenvalue weighted by molar-refractivity contribution is 5.84. The van der Waals surface area contributed by atoms with E-state index in [1.807, 2.05) is 13.8 Å². The molecule has 0 fully saturated rings. The zero-order valence-corrected chi connectivity index (χ0v) is 13.1. The fraction of sp³-hybridized carbons (Fsp3) is 0.556. The summed E-state index contributed by atoms with van der Waals surface area (Å²) in [6.45, 7) is 3.69. The number of H-pyrrole nitrogens is 1. The summed E-state index contributed by atoms with van der Waals surface area (Å²) in [4.78, 5) is 3.53. The number of hydrogen-bond donors (Lipinski definition) is 3. The zero-order chi connectivity index (χ0) is 15.2. The molecule has 0 aliphatic carbocycles. The summed E-state index contributed by atoms with van der Waals surface area (Å²) < 4.78 is 0. The number of aliphatic hydroxyl groups excluding tert-OH is 2. The van der Waals surface area contributed by atoms with Crippen molar-refractivity contribution in [2.45, 2.75) is 64.6 Å². The summed E-state index contributed by atoms with van der Waals surface area (Å²) >= 11 is 0. The third-order valence-electron chi connectivity index (χ3n) is 4.00. The van der Waals surface area contributed by atoms with Crippen molar-refractivity contribution in [2.24, 2.45) is 0 Å². The molecule has 3 heteroatoms. The molecule has 0 aliphatic heterocycles. The standard InChI is InChI=1S/C18H27NO2/c1-13(20)7-5-10-16-15-9-3-4-11-17(15)19-18(16)12-6-8-14(2)21/h3-4,9,11,13-14,19-21H,5-8,10,12H2,1-2H3. The molecular weight excluding hydrogens is 262 g/mol. The molecule has 0 bridgehead atoms. The van der Waals surface area contributed by atoms with E-state index in [4.69, 9.17) is 0 Å². The van der Waals surface area contributed by atoms with E-state index >= 15 is 0 Å². The van der Waals surface area contributed by atoms with Crippen LogP contribution >= 0.6 is 0 Å². The predicted octanol–water partition coefficient (Wildman–Crippen LogP) is 3.57. The number of rotatable bonds is 8. The minimum absolute atomic E-state index is 0.228. The van der Waals surface area contributed by atoms with Gasteiger partial charge in [-0.2, -0.15) is 0 Å². The van der Waals surface area contributed by atoms with Gasteiger partial charge in [-0.3, -0.25) is 0 Å². The number of aromatic nitrogens is 1. The summed E-state index contributed by atoms with van der Waals surface area (Å²) in [6, 6.07) is 8.42. The molecule has 0 radical (unpaired) electrons. The summed E-state index contributed by atoms with van der Waals surface area (Å²) in [6.07, 6.45) is 5.19. The average Bonchev–Trinajstić information content (AvgIpc) is 2.76. The van der Waals surface area contributed by atoms with E-state index in [2.05, 4.69) is 29.2 Å². The van der Waals surface area contributed by atoms with Gasteiger partial charge in [-0.25, -0.2) is 0 Å². The second-order valence-corrected chi connectivity index (χ2v) is 6.11. The molecule has 2 atom stereocenters. The van der Waals surface area contributed by atoms with Gasteiger partial charge in [0.2, 0.25) is 0 Å². The number of para-hydroxylation sites is 1. The molecule has 0 aliphatic rings. The van der Waals surface area contributed by atoms with Crippen molar-refractivity contribution in [1.82, 2.24) is 4.98 Å². The molecule has 0 saturated heterocycles. The van der Waals surface area contributed by atoms with Crippen molar-refractivity contribution >= 4 is 10.9 Å². The fourth-order valence-electron chi connectivity index (χ4n) is 2.90. The molecule has 1 heterocycles. The van der Waals surface area contributed by atoms with Crippen LogP contribution in [0.1, 0.15) is 50.8 Å². The Morgan fingerprint density at radius 1 is 0.952 bits per heavy atom. The van der Waals surface area contributed by atoms with Crippen molar-refractivity contribution in [3.05, 3.63) is 35.5 Å². The largest absolute Gasteiger partial charge is 0.393 e. The lowest BCUT2D eigenvalue weighted by Crippen LogP contribution is -2.02. The van der Waals surface area contributed by atoms with Crippen molar-refractivity contribution in [1.29, 1.82) is 0 Å². The Kier molecular flexibility index (Phi) is 5.83. The Labute approximate surface area is 127 Å². The molecular formula is C18H27NO2. The Bertz CT molecular complexity index is 557. The molecule has 1 aromatic carbocycles. The van der Waals surface area contributed by atoms with Crippen LogP contribution in [0.25, 0.3) is 10.9 Å². The third-order valence-corrected chi connectivity index (χ3v) is 4.00. The van der Waals surface area contributed by atoms with E-state index in [-0.39, 0.29) is 12.2 Å². The molecule has 2 aromatic rings. The second kappa shape index (κ2) is 7.62. The van der Waals surface area contributed by atoms with Gasteiger partial charge in [-0.05, 0) is 64.0 Å². The van der Waals surface area contributed by atoms with Gasteiger partial charge in [0.05, 0.1) is 12.2 Å². The maximum absolute atomic E-state index is 9.43. The SMILES string of the molecule is CC(O)CCCc1[nH]c2ccccc2c1CCCC(C)O. The molecule has 116 valence electrons. The van der Waals surface area contributed by atoms with E-state index < -0.39 is 0 Å². The lowest BCUT2D eigenvalue weighted by molar-refractivity contribution is 0.180. The van der Waals surface area contributed by atoms with Gasteiger partial charge in [0.1, 0.15) is 0 Å². The first-order valence-electron chi connectivity index (χ1n) is 8.02. The maximum Gasteiger partial charge on any atom is 0.0512 e. The first-order valence-corrected chi connectivity index (χ1v) is 8.02. The molecule has 0 spiro atoms. The van der Waals surface area contributed by atoms with E-state index in [1.54, 1.807) is 0 Å². The minimum Gasteiger partial charge on any atom is -0.393 e. The van der Waals surface area contributed by atoms with Crippen LogP contribution in [-0.4, -0.2) is 27.4 Å². The van der Waals surface area contributed by atoms with Gasteiger partial charge >= 0.3 is 0 Å². The number of fused-ring (bicyclic) bond motifs is 1. The Balaban J connectivity index is 2.13. The van der Waals surface area contributed by atoms with E-state index in [0.717, 1.165) is 38.5 Å². The number of nitrogens with one attached hydrogen (secondary N) is 1. The highest BCUT2D eigenvalue weighted by Crippen LogP contribution is 2.25. The molecule has 3 N–H and O–H groups in total. The monoisotopic (exact) mass is 289 g/mol. The van der Waals surface area contributed by atoms with Crippen molar-refractivity contribution in [2.75, 3.05) is 0 Å². The topological polar surface area (TPSA) is 56.2 Å². The minimum atomic E-state index is -0.229. The summed E-state index contributed by atoms with van der Waals surface area (Å²) in [5.74, 6) is 0. The van der Waals surface area contributed by atoms with Gasteiger partial charge in [-0.15, -0.1) is 0 Å². The van der Waals surface area contributed by atoms with Crippen molar-refractivity contribution < 1.29 is 10.2 Å². The smallest absolute Gasteiger partial charge is 0.0512 e. The Morgan fingerprint density at radius 3 is 2.24 bits per heavy atom. The molecule has 0 amide bonds. The van der Waals surface area contributed by atoms with Crippen LogP contribution in [-0.2, 0) is 12.8 Å². The molecule has 1 aromatic heterocycles. The highest BCUT2D eigenvalue weighted by Gasteiger charge is 2.11. The number of aryl methyl sites for hydroxylation is 2. The van der Waals surface area contributed by atoms with Crippen LogP contribution in [0.15, 0.2) is 24.3 Å². The number of aromatic amines is 1. The van der Waals surface area contributed by atoms with Crippen LogP contribution in [0.4, 0.5) is 0 Å².